The van der Waals surface area contributed by atoms with Crippen LogP contribution in [0.1, 0.15) is 59.0 Å². The van der Waals surface area contributed by atoms with Crippen LogP contribution in [0, 0.1) is 6.92 Å². The normalized spacial score (nSPS) is 16.0. The Morgan fingerprint density at radius 2 is 1.79 bits per heavy atom. The molecule has 1 heterocycles. The molecule has 0 aromatic carbocycles. The van der Waals surface area contributed by atoms with Crippen LogP contribution in [-0.4, -0.2) is 28.8 Å². The first-order valence-corrected chi connectivity index (χ1v) is 12.6. The summed E-state index contributed by atoms with van der Waals surface area (Å²) in [6.45, 7) is 19.5. The molecule has 1 rings (SSSR count). The minimum Gasteiger partial charge on any atom is -0.407 e. The van der Waals surface area contributed by atoms with Crippen LogP contribution in [0.2, 0.25) is 18.1 Å². The van der Waals surface area contributed by atoms with Gasteiger partial charge in [0.25, 0.3) is 0 Å². The van der Waals surface area contributed by atoms with Gasteiger partial charge in [-0.15, -0.1) is 0 Å². The average molecular weight is 371 g/mol. The van der Waals surface area contributed by atoms with Crippen LogP contribution in [0.15, 0.2) is 18.2 Å². The fourth-order valence-electron chi connectivity index (χ4n) is 1.85. The Labute approximate surface area is 151 Å². The van der Waals surface area contributed by atoms with Crippen molar-refractivity contribution in [3.8, 4) is 0 Å². The van der Waals surface area contributed by atoms with Gasteiger partial charge >= 0.3 is 0 Å². The van der Waals surface area contributed by atoms with E-state index < -0.39 is 19.3 Å². The van der Waals surface area contributed by atoms with E-state index in [1.165, 1.54) is 0 Å². The van der Waals surface area contributed by atoms with Gasteiger partial charge in [-0.25, -0.2) is 8.93 Å². The highest BCUT2D eigenvalue weighted by atomic mass is 32.2. The summed E-state index contributed by atoms with van der Waals surface area (Å²) in [5.41, 5.74) is 1.87. The van der Waals surface area contributed by atoms with Crippen LogP contribution in [0.4, 0.5) is 0 Å². The Balaban J connectivity index is 3.03. The standard InChI is InChI=1S/C18H34N2O2SSi/c1-14-11-10-12-15(20-14)16(13-19-23(21)17(2,3)4)22-24(8,9)18(5,6)7/h10-12,16,19H,13H2,1-9H3/t16-,23?/m0/s1. The van der Waals surface area contributed by atoms with E-state index in [0.29, 0.717) is 6.54 Å². The SMILES string of the molecule is Cc1cccc([C@H](CNS(=O)C(C)(C)C)O[Si](C)(C)C(C)(C)C)n1. The molecule has 0 fully saturated rings. The van der Waals surface area contributed by atoms with Gasteiger partial charge in [0.05, 0.1) is 21.4 Å². The van der Waals surface area contributed by atoms with Crippen LogP contribution < -0.4 is 4.72 Å². The molecule has 0 spiro atoms. The number of aromatic nitrogens is 1. The smallest absolute Gasteiger partial charge is 0.193 e. The van der Waals surface area contributed by atoms with Crippen molar-refractivity contribution in [2.75, 3.05) is 6.54 Å². The summed E-state index contributed by atoms with van der Waals surface area (Å²) in [7, 11) is -3.09. The molecule has 0 aliphatic carbocycles. The molecule has 4 nitrogen and oxygen atoms in total. The molecule has 0 aliphatic rings. The summed E-state index contributed by atoms with van der Waals surface area (Å²) in [6.07, 6.45) is -0.197. The number of rotatable bonds is 6. The van der Waals surface area contributed by atoms with Crippen molar-refractivity contribution >= 4 is 19.3 Å². The van der Waals surface area contributed by atoms with Gasteiger partial charge in [-0.3, -0.25) is 4.98 Å². The molecule has 0 aliphatic heterocycles. The summed E-state index contributed by atoms with van der Waals surface area (Å²) in [4.78, 5) is 4.64. The molecule has 0 bridgehead atoms. The third kappa shape index (κ3) is 6.06. The zero-order valence-corrected chi connectivity index (χ0v) is 18.5. The number of hydrogen-bond donors (Lipinski definition) is 1. The Morgan fingerprint density at radius 3 is 2.25 bits per heavy atom. The molecular formula is C18H34N2O2SSi. The number of hydrogen-bond acceptors (Lipinski definition) is 3. The lowest BCUT2D eigenvalue weighted by atomic mass is 10.2. The third-order valence-corrected chi connectivity index (χ3v) is 10.5. The van der Waals surface area contributed by atoms with Gasteiger partial charge in [-0.1, -0.05) is 26.8 Å². The first kappa shape index (κ1) is 21.5. The molecule has 0 saturated carbocycles. The highest BCUT2D eigenvalue weighted by Crippen LogP contribution is 2.39. The molecule has 1 N–H and O–H groups in total. The van der Waals surface area contributed by atoms with E-state index in [0.717, 1.165) is 11.4 Å². The second kappa shape index (κ2) is 7.77. The van der Waals surface area contributed by atoms with E-state index in [4.69, 9.17) is 4.43 Å². The maximum atomic E-state index is 12.4. The Morgan fingerprint density at radius 1 is 1.21 bits per heavy atom. The van der Waals surface area contributed by atoms with Gasteiger partial charge in [0.1, 0.15) is 6.10 Å². The number of nitrogens with one attached hydrogen (secondary N) is 1. The van der Waals surface area contributed by atoms with E-state index in [1.807, 2.05) is 45.9 Å². The number of nitrogens with zero attached hydrogens (tertiary/aromatic N) is 1. The van der Waals surface area contributed by atoms with Gasteiger partial charge in [-0.05, 0) is 58.0 Å². The largest absolute Gasteiger partial charge is 0.407 e. The first-order valence-electron chi connectivity index (χ1n) is 8.51. The second-order valence-corrected chi connectivity index (χ2v) is 15.6. The van der Waals surface area contributed by atoms with Crippen molar-refractivity contribution in [1.82, 2.24) is 9.71 Å². The predicted octanol–water partition coefficient (Wildman–Crippen LogP) is 4.50. The lowest BCUT2D eigenvalue weighted by molar-refractivity contribution is 0.183. The van der Waals surface area contributed by atoms with Gasteiger partial charge in [0.2, 0.25) is 0 Å². The number of aryl methyl sites for hydroxylation is 1. The third-order valence-electron chi connectivity index (χ3n) is 4.44. The molecule has 0 radical (unpaired) electrons. The average Bonchev–Trinajstić information content (AvgIpc) is 2.40. The van der Waals surface area contributed by atoms with Crippen molar-refractivity contribution in [3.05, 3.63) is 29.6 Å². The van der Waals surface area contributed by atoms with E-state index in [9.17, 15) is 4.21 Å². The summed E-state index contributed by atoms with van der Waals surface area (Å²) < 4.78 is 21.8. The zero-order chi connectivity index (χ0) is 18.8. The van der Waals surface area contributed by atoms with Crippen LogP contribution in [0.25, 0.3) is 0 Å². The Hall–Kier alpha value is -0.563. The topological polar surface area (TPSA) is 51.2 Å². The molecule has 6 heteroatoms. The summed E-state index contributed by atoms with van der Waals surface area (Å²) in [5, 5.41) is 0.109. The highest BCUT2D eigenvalue weighted by Gasteiger charge is 2.40. The molecule has 0 amide bonds. The Kier molecular flexibility index (Phi) is 6.95. The fourth-order valence-corrected chi connectivity index (χ4v) is 3.86. The van der Waals surface area contributed by atoms with Crippen molar-refractivity contribution < 1.29 is 8.63 Å². The molecular weight excluding hydrogens is 336 g/mol. The second-order valence-electron chi connectivity index (χ2n) is 8.80. The van der Waals surface area contributed by atoms with Crippen LogP contribution >= 0.6 is 0 Å². The van der Waals surface area contributed by atoms with Crippen molar-refractivity contribution in [3.63, 3.8) is 0 Å². The van der Waals surface area contributed by atoms with E-state index in [2.05, 4.69) is 43.6 Å². The first-order chi connectivity index (χ1) is 10.7. The summed E-state index contributed by atoms with van der Waals surface area (Å²) in [5.74, 6) is 0. The fraction of sp³-hybridized carbons (Fsp3) is 0.722. The van der Waals surface area contributed by atoms with Gasteiger partial charge in [0, 0.05) is 12.2 Å². The summed E-state index contributed by atoms with van der Waals surface area (Å²) >= 11 is 0. The lowest BCUT2D eigenvalue weighted by Gasteiger charge is -2.39. The molecule has 2 atom stereocenters. The quantitative estimate of drug-likeness (QED) is 0.750. The minimum atomic E-state index is -1.97. The highest BCUT2D eigenvalue weighted by molar-refractivity contribution is 7.84. The van der Waals surface area contributed by atoms with Crippen LogP contribution in [-0.2, 0) is 15.4 Å². The van der Waals surface area contributed by atoms with Gasteiger partial charge in [-0.2, -0.15) is 0 Å². The molecule has 138 valence electrons. The van der Waals surface area contributed by atoms with E-state index in [-0.39, 0.29) is 15.9 Å². The van der Waals surface area contributed by atoms with Crippen molar-refractivity contribution in [2.24, 2.45) is 0 Å². The summed E-state index contributed by atoms with van der Waals surface area (Å²) in [6, 6.07) is 5.97. The minimum absolute atomic E-state index is 0.109. The van der Waals surface area contributed by atoms with E-state index in [1.54, 1.807) is 0 Å². The van der Waals surface area contributed by atoms with E-state index >= 15 is 0 Å². The maximum absolute atomic E-state index is 12.4. The van der Waals surface area contributed by atoms with Gasteiger partial charge in [0.15, 0.2) is 8.32 Å². The molecule has 1 aromatic heterocycles. The van der Waals surface area contributed by atoms with Crippen molar-refractivity contribution in [1.29, 1.82) is 0 Å². The monoisotopic (exact) mass is 370 g/mol. The predicted molar refractivity (Wildman–Crippen MR) is 106 cm³/mol. The van der Waals surface area contributed by atoms with Crippen LogP contribution in [0.5, 0.6) is 0 Å². The lowest BCUT2D eigenvalue weighted by Crippen LogP contribution is -2.44. The van der Waals surface area contributed by atoms with Gasteiger partial charge < -0.3 is 4.43 Å². The number of pyridine rings is 1. The maximum Gasteiger partial charge on any atom is 0.193 e. The zero-order valence-electron chi connectivity index (χ0n) is 16.7. The molecule has 24 heavy (non-hydrogen) atoms. The molecule has 0 saturated heterocycles. The van der Waals surface area contributed by atoms with Crippen LogP contribution in [0.3, 0.4) is 0 Å². The Bertz CT molecular complexity index is 577. The van der Waals surface area contributed by atoms with Crippen molar-refractivity contribution in [2.45, 2.75) is 77.4 Å². The molecule has 1 aromatic rings. The molecule has 1 unspecified atom stereocenters.